The number of hydrogen-bond donors (Lipinski definition) is 2. The number of pyridine rings is 1. The molecular formula is C25H27N5. The van der Waals surface area contributed by atoms with Crippen molar-refractivity contribution in [1.82, 2.24) is 19.9 Å². The van der Waals surface area contributed by atoms with Crippen molar-refractivity contribution < 1.29 is 0 Å². The molecule has 0 bridgehead atoms. The first kappa shape index (κ1) is 19.0. The van der Waals surface area contributed by atoms with E-state index in [2.05, 4.69) is 57.3 Å². The number of nitrogens with zero attached hydrogens (tertiary/aromatic N) is 3. The van der Waals surface area contributed by atoms with Gasteiger partial charge in [-0.05, 0) is 47.7 Å². The van der Waals surface area contributed by atoms with Gasteiger partial charge < -0.3 is 10.7 Å². The van der Waals surface area contributed by atoms with Crippen LogP contribution in [0.2, 0.25) is 0 Å². The molecule has 0 aliphatic heterocycles. The Hall–Kier alpha value is -3.02. The van der Waals surface area contributed by atoms with E-state index in [0.29, 0.717) is 12.6 Å². The number of para-hydroxylation sites is 2. The Morgan fingerprint density at radius 1 is 0.967 bits per heavy atom. The van der Waals surface area contributed by atoms with E-state index in [1.54, 1.807) is 0 Å². The summed E-state index contributed by atoms with van der Waals surface area (Å²) in [6.45, 7) is 2.25. The van der Waals surface area contributed by atoms with Crippen molar-refractivity contribution in [2.45, 2.75) is 44.9 Å². The molecule has 0 amide bonds. The highest BCUT2D eigenvalue weighted by Gasteiger charge is 2.26. The smallest absolute Gasteiger partial charge is 0.121 e. The standard InChI is InChI=1S/C25H27N5/c26-15-18-7-9-19(10-8-18)16-30(17-25-28-22-5-1-2-6-23(22)29-25)21-12-11-20-4-3-13-27-24(20)14-21/h1-10,13,21H,11-12,14-17,26H2,(H,28,29). The van der Waals surface area contributed by atoms with Crippen LogP contribution < -0.4 is 5.73 Å². The van der Waals surface area contributed by atoms with Gasteiger partial charge in [-0.15, -0.1) is 0 Å². The molecule has 0 saturated carbocycles. The average molecular weight is 398 g/mol. The molecule has 2 aromatic carbocycles. The number of benzene rings is 2. The Labute approximate surface area is 177 Å². The van der Waals surface area contributed by atoms with E-state index in [0.717, 1.165) is 49.2 Å². The SMILES string of the molecule is NCc1ccc(CN(Cc2nc3ccccc3[nH]2)C2CCc3cccnc3C2)cc1. The largest absolute Gasteiger partial charge is 0.341 e. The van der Waals surface area contributed by atoms with E-state index in [1.165, 1.54) is 22.4 Å². The first-order valence-corrected chi connectivity index (χ1v) is 10.7. The van der Waals surface area contributed by atoms with Gasteiger partial charge in [0, 0.05) is 37.4 Å². The Balaban J connectivity index is 1.42. The average Bonchev–Trinajstić information content (AvgIpc) is 3.21. The molecule has 0 fully saturated rings. The molecule has 4 aromatic rings. The second kappa shape index (κ2) is 8.38. The lowest BCUT2D eigenvalue weighted by Crippen LogP contribution is -2.39. The second-order valence-electron chi connectivity index (χ2n) is 8.13. The van der Waals surface area contributed by atoms with E-state index in [9.17, 15) is 0 Å². The Morgan fingerprint density at radius 2 is 1.80 bits per heavy atom. The zero-order chi connectivity index (χ0) is 20.3. The highest BCUT2D eigenvalue weighted by molar-refractivity contribution is 5.74. The number of imidazole rings is 1. The number of fused-ring (bicyclic) bond motifs is 2. The third-order valence-corrected chi connectivity index (χ3v) is 6.11. The van der Waals surface area contributed by atoms with Crippen LogP contribution in [0, 0.1) is 0 Å². The molecule has 0 spiro atoms. The van der Waals surface area contributed by atoms with Crippen molar-refractivity contribution in [2.24, 2.45) is 5.73 Å². The zero-order valence-corrected chi connectivity index (χ0v) is 17.1. The molecule has 5 rings (SSSR count). The van der Waals surface area contributed by atoms with E-state index < -0.39 is 0 Å². The van der Waals surface area contributed by atoms with Crippen molar-refractivity contribution in [2.75, 3.05) is 0 Å². The molecule has 30 heavy (non-hydrogen) atoms. The van der Waals surface area contributed by atoms with Crippen LogP contribution in [0.1, 0.15) is 34.6 Å². The number of nitrogens with two attached hydrogens (primary N) is 1. The molecule has 5 heteroatoms. The predicted molar refractivity (Wildman–Crippen MR) is 120 cm³/mol. The van der Waals surface area contributed by atoms with E-state index in [4.69, 9.17) is 10.7 Å². The third kappa shape index (κ3) is 3.99. The van der Waals surface area contributed by atoms with Gasteiger partial charge in [-0.3, -0.25) is 9.88 Å². The van der Waals surface area contributed by atoms with Crippen molar-refractivity contribution in [1.29, 1.82) is 0 Å². The topological polar surface area (TPSA) is 70.8 Å². The number of aromatic amines is 1. The van der Waals surface area contributed by atoms with Crippen molar-refractivity contribution >= 4 is 11.0 Å². The fraction of sp³-hybridized carbons (Fsp3) is 0.280. The fourth-order valence-corrected chi connectivity index (χ4v) is 4.44. The number of hydrogen-bond acceptors (Lipinski definition) is 4. The van der Waals surface area contributed by atoms with Gasteiger partial charge in [-0.1, -0.05) is 42.5 Å². The Bertz CT molecular complexity index is 1100. The number of rotatable bonds is 6. The van der Waals surface area contributed by atoms with E-state index >= 15 is 0 Å². The Morgan fingerprint density at radius 3 is 2.63 bits per heavy atom. The second-order valence-corrected chi connectivity index (χ2v) is 8.13. The quantitative estimate of drug-likeness (QED) is 0.516. The van der Waals surface area contributed by atoms with Crippen LogP contribution in [0.3, 0.4) is 0 Å². The molecule has 2 heterocycles. The van der Waals surface area contributed by atoms with Gasteiger partial charge >= 0.3 is 0 Å². The van der Waals surface area contributed by atoms with Gasteiger partial charge in [0.05, 0.1) is 17.6 Å². The van der Waals surface area contributed by atoms with E-state index in [1.807, 2.05) is 24.4 Å². The van der Waals surface area contributed by atoms with Crippen LogP contribution in [-0.2, 0) is 32.5 Å². The first-order valence-electron chi connectivity index (χ1n) is 10.7. The monoisotopic (exact) mass is 397 g/mol. The maximum absolute atomic E-state index is 5.77. The zero-order valence-electron chi connectivity index (χ0n) is 17.1. The summed E-state index contributed by atoms with van der Waals surface area (Å²) in [7, 11) is 0. The normalized spacial score (nSPS) is 16.1. The van der Waals surface area contributed by atoms with Crippen molar-refractivity contribution in [3.05, 3.63) is 95.1 Å². The van der Waals surface area contributed by atoms with Gasteiger partial charge in [-0.25, -0.2) is 4.98 Å². The molecule has 0 radical (unpaired) electrons. The summed E-state index contributed by atoms with van der Waals surface area (Å²) in [5.74, 6) is 1.02. The molecule has 5 nitrogen and oxygen atoms in total. The van der Waals surface area contributed by atoms with Gasteiger partial charge in [0.25, 0.3) is 0 Å². The maximum atomic E-state index is 5.77. The first-order chi connectivity index (χ1) is 14.8. The van der Waals surface area contributed by atoms with Gasteiger partial charge in [-0.2, -0.15) is 0 Å². The van der Waals surface area contributed by atoms with E-state index in [-0.39, 0.29) is 0 Å². The lowest BCUT2D eigenvalue weighted by atomic mass is 9.90. The highest BCUT2D eigenvalue weighted by Crippen LogP contribution is 2.26. The summed E-state index contributed by atoms with van der Waals surface area (Å²) < 4.78 is 0. The summed E-state index contributed by atoms with van der Waals surface area (Å²) in [5.41, 5.74) is 13.0. The van der Waals surface area contributed by atoms with Crippen LogP contribution in [0.5, 0.6) is 0 Å². The van der Waals surface area contributed by atoms with Gasteiger partial charge in [0.1, 0.15) is 5.82 Å². The third-order valence-electron chi connectivity index (χ3n) is 6.11. The molecule has 1 aliphatic rings. The maximum Gasteiger partial charge on any atom is 0.121 e. The molecule has 1 aliphatic carbocycles. The Kier molecular flexibility index (Phi) is 5.30. The van der Waals surface area contributed by atoms with Crippen LogP contribution in [-0.4, -0.2) is 25.9 Å². The van der Waals surface area contributed by atoms with Crippen LogP contribution >= 0.6 is 0 Å². The van der Waals surface area contributed by atoms with Crippen LogP contribution in [0.4, 0.5) is 0 Å². The molecule has 152 valence electrons. The molecule has 3 N–H and O–H groups in total. The predicted octanol–water partition coefficient (Wildman–Crippen LogP) is 3.98. The molecule has 2 aromatic heterocycles. The summed E-state index contributed by atoms with van der Waals surface area (Å²) >= 11 is 0. The van der Waals surface area contributed by atoms with Gasteiger partial charge in [0.15, 0.2) is 0 Å². The minimum Gasteiger partial charge on any atom is -0.341 e. The summed E-state index contributed by atoms with van der Waals surface area (Å²) in [6, 6.07) is 21.6. The number of aromatic nitrogens is 3. The lowest BCUT2D eigenvalue weighted by Gasteiger charge is -2.34. The molecule has 1 unspecified atom stereocenters. The molecule has 0 saturated heterocycles. The minimum atomic E-state index is 0.440. The molecular weight excluding hydrogens is 370 g/mol. The lowest BCUT2D eigenvalue weighted by molar-refractivity contribution is 0.157. The number of H-pyrrole nitrogens is 1. The van der Waals surface area contributed by atoms with Gasteiger partial charge in [0.2, 0.25) is 0 Å². The summed E-state index contributed by atoms with van der Waals surface area (Å²) in [5, 5.41) is 0. The number of nitrogens with one attached hydrogen (secondary N) is 1. The van der Waals surface area contributed by atoms with Crippen LogP contribution in [0.15, 0.2) is 66.9 Å². The van der Waals surface area contributed by atoms with Crippen LogP contribution in [0.25, 0.3) is 11.0 Å². The van der Waals surface area contributed by atoms with Crippen molar-refractivity contribution in [3.8, 4) is 0 Å². The molecule has 1 atom stereocenters. The summed E-state index contributed by atoms with van der Waals surface area (Å²) in [4.78, 5) is 15.5. The fourth-order valence-electron chi connectivity index (χ4n) is 4.44. The van der Waals surface area contributed by atoms with Crippen molar-refractivity contribution in [3.63, 3.8) is 0 Å². The minimum absolute atomic E-state index is 0.440. The highest BCUT2D eigenvalue weighted by atomic mass is 15.2. The number of aryl methyl sites for hydroxylation is 1. The summed E-state index contributed by atoms with van der Waals surface area (Å²) in [6.07, 6.45) is 5.12.